The van der Waals surface area contributed by atoms with Gasteiger partial charge in [0.05, 0.1) is 18.3 Å². The van der Waals surface area contributed by atoms with E-state index in [4.69, 9.17) is 0 Å². The molecule has 0 spiro atoms. The van der Waals surface area contributed by atoms with Crippen molar-refractivity contribution in [2.75, 3.05) is 31.5 Å². The number of fused-ring (bicyclic) bond motifs is 1. The first-order chi connectivity index (χ1) is 18.8. The minimum Gasteiger partial charge on any atom is -0.388 e. The molecule has 0 fully saturated rings. The number of aromatic nitrogens is 5. The normalized spacial score (nSPS) is 11.6. The molecule has 0 atom stereocenters. The second-order valence-electron chi connectivity index (χ2n) is 9.30. The summed E-state index contributed by atoms with van der Waals surface area (Å²) in [7, 11) is 0. The Labute approximate surface area is 225 Å². The van der Waals surface area contributed by atoms with Crippen molar-refractivity contribution >= 4 is 29.1 Å². The maximum Gasteiger partial charge on any atom is 0.229 e. The monoisotopic (exact) mass is 538 g/mol. The SMILES string of the molecule is CCNCCN(CC=O)Cc1ccc(Nc2ncc(F)c(-c3cc(F)c4nc(CO)n(C(C)C)c4c3)n2)nc1. The lowest BCUT2D eigenvalue weighted by atomic mass is 10.1. The third-order valence-corrected chi connectivity index (χ3v) is 6.16. The topological polar surface area (TPSA) is 121 Å². The second-order valence-corrected chi connectivity index (χ2v) is 9.30. The summed E-state index contributed by atoms with van der Waals surface area (Å²) in [4.78, 5) is 29.9. The maximum absolute atomic E-state index is 15.0. The quantitative estimate of drug-likeness (QED) is 0.173. The van der Waals surface area contributed by atoms with Gasteiger partial charge in [-0.25, -0.2) is 28.7 Å². The van der Waals surface area contributed by atoms with Crippen molar-refractivity contribution in [3.05, 3.63) is 59.7 Å². The summed E-state index contributed by atoms with van der Waals surface area (Å²) in [6.07, 6.45) is 3.58. The van der Waals surface area contributed by atoms with Gasteiger partial charge in [-0.1, -0.05) is 13.0 Å². The molecule has 10 nitrogen and oxygen atoms in total. The largest absolute Gasteiger partial charge is 0.388 e. The Bertz CT molecular complexity index is 1430. The molecule has 39 heavy (non-hydrogen) atoms. The summed E-state index contributed by atoms with van der Waals surface area (Å²) in [5, 5.41) is 15.9. The number of hydrogen-bond donors (Lipinski definition) is 3. The van der Waals surface area contributed by atoms with Crippen molar-refractivity contribution in [1.29, 1.82) is 0 Å². The van der Waals surface area contributed by atoms with Crippen LogP contribution in [0.1, 0.15) is 38.2 Å². The lowest BCUT2D eigenvalue weighted by Crippen LogP contribution is -2.33. The summed E-state index contributed by atoms with van der Waals surface area (Å²) >= 11 is 0. The summed E-state index contributed by atoms with van der Waals surface area (Å²) in [6, 6.07) is 6.29. The average Bonchev–Trinajstić information content (AvgIpc) is 3.31. The van der Waals surface area contributed by atoms with E-state index in [0.29, 0.717) is 30.2 Å². The maximum atomic E-state index is 15.0. The van der Waals surface area contributed by atoms with Crippen LogP contribution in [0.2, 0.25) is 0 Å². The molecule has 3 heterocycles. The number of nitrogens with zero attached hydrogens (tertiary/aromatic N) is 6. The third kappa shape index (κ3) is 6.59. The van der Waals surface area contributed by atoms with E-state index in [1.165, 1.54) is 6.07 Å². The Morgan fingerprint density at radius 3 is 2.62 bits per heavy atom. The Morgan fingerprint density at radius 2 is 1.95 bits per heavy atom. The summed E-state index contributed by atoms with van der Waals surface area (Å²) < 4.78 is 31.5. The smallest absolute Gasteiger partial charge is 0.229 e. The molecule has 0 unspecified atom stereocenters. The number of nitrogens with one attached hydrogen (secondary N) is 2. The number of rotatable bonds is 13. The second kappa shape index (κ2) is 12.8. The van der Waals surface area contributed by atoms with Gasteiger partial charge in [-0.2, -0.15) is 0 Å². The van der Waals surface area contributed by atoms with Gasteiger partial charge in [-0.3, -0.25) is 4.90 Å². The molecule has 0 aliphatic rings. The van der Waals surface area contributed by atoms with Gasteiger partial charge in [0, 0.05) is 37.4 Å². The fraction of sp³-hybridized carbons (Fsp3) is 0.370. The number of imidazole rings is 1. The molecule has 3 aromatic heterocycles. The molecule has 0 aliphatic carbocycles. The molecule has 0 amide bonds. The van der Waals surface area contributed by atoms with E-state index in [2.05, 4.69) is 30.6 Å². The first-order valence-corrected chi connectivity index (χ1v) is 12.8. The van der Waals surface area contributed by atoms with E-state index in [0.717, 1.165) is 37.7 Å². The first kappa shape index (κ1) is 28.1. The van der Waals surface area contributed by atoms with Crippen LogP contribution in [-0.4, -0.2) is 67.0 Å². The van der Waals surface area contributed by atoms with Crippen LogP contribution in [0.5, 0.6) is 0 Å². The van der Waals surface area contributed by atoms with Gasteiger partial charge >= 0.3 is 0 Å². The van der Waals surface area contributed by atoms with Gasteiger partial charge in [0.2, 0.25) is 5.95 Å². The molecule has 3 N–H and O–H groups in total. The first-order valence-electron chi connectivity index (χ1n) is 12.8. The van der Waals surface area contributed by atoms with E-state index < -0.39 is 11.6 Å². The predicted molar refractivity (Wildman–Crippen MR) is 144 cm³/mol. The van der Waals surface area contributed by atoms with Crippen LogP contribution < -0.4 is 10.6 Å². The van der Waals surface area contributed by atoms with Gasteiger partial charge in [0.25, 0.3) is 0 Å². The number of carbonyl (C=O) groups excluding carboxylic acids is 1. The summed E-state index contributed by atoms with van der Waals surface area (Å²) in [5.41, 5.74) is 1.58. The van der Waals surface area contributed by atoms with Crippen molar-refractivity contribution in [2.45, 2.75) is 40.0 Å². The fourth-order valence-electron chi connectivity index (χ4n) is 4.37. The Kier molecular flexibility index (Phi) is 9.23. The van der Waals surface area contributed by atoms with E-state index in [1.54, 1.807) is 22.9 Å². The lowest BCUT2D eigenvalue weighted by Gasteiger charge is -2.19. The molecule has 12 heteroatoms. The molecule has 0 radical (unpaired) electrons. The van der Waals surface area contributed by atoms with Crippen LogP contribution >= 0.6 is 0 Å². The number of aliphatic hydroxyl groups is 1. The summed E-state index contributed by atoms with van der Waals surface area (Å²) in [5.74, 6) is -0.501. The van der Waals surface area contributed by atoms with Gasteiger partial charge in [0.15, 0.2) is 11.6 Å². The number of carbonyl (C=O) groups is 1. The van der Waals surface area contributed by atoms with Crippen LogP contribution in [0.25, 0.3) is 22.3 Å². The molecule has 0 saturated carbocycles. The number of halogens is 2. The van der Waals surface area contributed by atoms with Crippen LogP contribution in [-0.2, 0) is 17.9 Å². The lowest BCUT2D eigenvalue weighted by molar-refractivity contribution is -0.109. The molecule has 0 saturated heterocycles. The number of likely N-dealkylation sites (N-methyl/N-ethyl adjacent to an activating group) is 1. The molecule has 206 valence electrons. The van der Waals surface area contributed by atoms with E-state index in [9.17, 15) is 18.7 Å². The highest BCUT2D eigenvalue weighted by Crippen LogP contribution is 2.30. The number of aldehydes is 1. The van der Waals surface area contributed by atoms with E-state index in [-0.39, 0.29) is 35.4 Å². The Hall–Kier alpha value is -3.87. The predicted octanol–water partition coefficient (Wildman–Crippen LogP) is 3.59. The van der Waals surface area contributed by atoms with Crippen LogP contribution in [0.3, 0.4) is 0 Å². The molecule has 0 bridgehead atoms. The zero-order valence-electron chi connectivity index (χ0n) is 22.2. The van der Waals surface area contributed by atoms with Crippen molar-refractivity contribution in [3.8, 4) is 11.3 Å². The third-order valence-electron chi connectivity index (χ3n) is 6.16. The highest BCUT2D eigenvalue weighted by molar-refractivity contribution is 5.83. The number of pyridine rings is 1. The van der Waals surface area contributed by atoms with Crippen molar-refractivity contribution in [2.24, 2.45) is 0 Å². The Balaban J connectivity index is 1.56. The highest BCUT2D eigenvalue weighted by Gasteiger charge is 2.19. The number of anilines is 2. The highest BCUT2D eigenvalue weighted by atomic mass is 19.1. The zero-order chi connectivity index (χ0) is 27.9. The number of hydrogen-bond acceptors (Lipinski definition) is 9. The molecule has 4 rings (SSSR count). The van der Waals surface area contributed by atoms with Crippen molar-refractivity contribution in [3.63, 3.8) is 0 Å². The minimum atomic E-state index is -0.714. The van der Waals surface area contributed by atoms with Gasteiger partial charge in [-0.15, -0.1) is 0 Å². The van der Waals surface area contributed by atoms with Gasteiger partial charge in [-0.05, 0) is 44.2 Å². The summed E-state index contributed by atoms with van der Waals surface area (Å²) in [6.45, 7) is 8.71. The fourth-order valence-corrected chi connectivity index (χ4v) is 4.37. The molecule has 1 aromatic carbocycles. The minimum absolute atomic E-state index is 0.0860. The van der Waals surface area contributed by atoms with Crippen molar-refractivity contribution < 1.29 is 18.7 Å². The van der Waals surface area contributed by atoms with E-state index in [1.807, 2.05) is 31.7 Å². The van der Waals surface area contributed by atoms with E-state index >= 15 is 0 Å². The molecule has 4 aromatic rings. The number of benzene rings is 1. The standard InChI is InChI=1S/C27H32F2N8O2/c1-4-30-7-8-36(9-10-38)15-18-5-6-23(31-13-18)33-27-32-14-21(29)25(35-27)19-11-20(28)26-22(12-19)37(17(2)3)24(16-39)34-26/h5-6,10-14,17,30,39H,4,7-9,15-16H2,1-3H3,(H,31,32,33,35). The molecular formula is C27H32F2N8O2. The Morgan fingerprint density at radius 1 is 1.13 bits per heavy atom. The molecule has 0 aliphatic heterocycles. The van der Waals surface area contributed by atoms with Gasteiger partial charge in [0.1, 0.15) is 35.7 Å². The average molecular weight is 539 g/mol. The zero-order valence-corrected chi connectivity index (χ0v) is 22.2. The van der Waals surface area contributed by atoms with Crippen molar-refractivity contribution in [1.82, 2.24) is 34.7 Å². The van der Waals surface area contributed by atoms with Crippen LogP contribution in [0, 0.1) is 11.6 Å². The van der Waals surface area contributed by atoms with Gasteiger partial charge < -0.3 is 25.1 Å². The van der Waals surface area contributed by atoms with Crippen LogP contribution in [0.15, 0.2) is 36.7 Å². The molecular weight excluding hydrogens is 506 g/mol. The number of aliphatic hydroxyl groups excluding tert-OH is 1. The van der Waals surface area contributed by atoms with Crippen LogP contribution in [0.4, 0.5) is 20.5 Å².